The first-order valence-corrected chi connectivity index (χ1v) is 6.01. The summed E-state index contributed by atoms with van der Waals surface area (Å²) in [7, 11) is 5.77. The van der Waals surface area contributed by atoms with Crippen molar-refractivity contribution < 1.29 is 4.74 Å². The minimum atomic E-state index is 0.529. The van der Waals surface area contributed by atoms with E-state index in [-0.39, 0.29) is 0 Å². The van der Waals surface area contributed by atoms with Gasteiger partial charge in [0.2, 0.25) is 0 Å². The lowest BCUT2D eigenvalue weighted by atomic mass is 9.82. The van der Waals surface area contributed by atoms with E-state index in [0.29, 0.717) is 12.0 Å². The molecule has 0 bridgehead atoms. The summed E-state index contributed by atoms with van der Waals surface area (Å²) in [6.45, 7) is 0. The second-order valence-corrected chi connectivity index (χ2v) is 4.51. The monoisotopic (exact) mass is 223 g/mol. The molecule has 1 aliphatic carbocycles. The topological polar surface area (TPSA) is 39.1 Å². The summed E-state index contributed by atoms with van der Waals surface area (Å²) in [5.41, 5.74) is 1.24. The van der Waals surface area contributed by atoms with Crippen molar-refractivity contribution in [2.24, 2.45) is 7.05 Å². The number of nitrogens with one attached hydrogen (secondary N) is 1. The highest BCUT2D eigenvalue weighted by Crippen LogP contribution is 2.37. The maximum absolute atomic E-state index is 5.40. The average molecular weight is 223 g/mol. The van der Waals surface area contributed by atoms with Crippen LogP contribution in [0.2, 0.25) is 0 Å². The normalized spacial score (nSPS) is 25.7. The highest BCUT2D eigenvalue weighted by atomic mass is 16.5. The molecule has 16 heavy (non-hydrogen) atoms. The molecule has 0 radical (unpaired) electrons. The van der Waals surface area contributed by atoms with Gasteiger partial charge in [-0.15, -0.1) is 0 Å². The molecule has 1 aromatic rings. The van der Waals surface area contributed by atoms with Gasteiger partial charge < -0.3 is 10.1 Å². The molecule has 2 atom stereocenters. The predicted molar refractivity (Wildman–Crippen MR) is 63.8 cm³/mol. The second-order valence-electron chi connectivity index (χ2n) is 4.51. The molecule has 1 fully saturated rings. The summed E-state index contributed by atoms with van der Waals surface area (Å²) >= 11 is 0. The maximum Gasteiger partial charge on any atom is 0.160 e. The molecule has 0 spiro atoms. The van der Waals surface area contributed by atoms with Crippen LogP contribution in [0.25, 0.3) is 0 Å². The predicted octanol–water partition coefficient (Wildman–Crippen LogP) is 1.67. The third-order valence-corrected chi connectivity index (χ3v) is 3.66. The maximum atomic E-state index is 5.40. The van der Waals surface area contributed by atoms with Crippen molar-refractivity contribution in [3.63, 3.8) is 0 Å². The Morgan fingerprint density at radius 1 is 1.44 bits per heavy atom. The van der Waals surface area contributed by atoms with Gasteiger partial charge in [-0.3, -0.25) is 4.68 Å². The first-order chi connectivity index (χ1) is 7.77. The molecule has 1 saturated carbocycles. The largest absolute Gasteiger partial charge is 0.493 e. The summed E-state index contributed by atoms with van der Waals surface area (Å²) < 4.78 is 7.36. The fourth-order valence-corrected chi connectivity index (χ4v) is 2.81. The lowest BCUT2D eigenvalue weighted by Gasteiger charge is -2.31. The van der Waals surface area contributed by atoms with Crippen molar-refractivity contribution in [2.75, 3.05) is 14.2 Å². The third-order valence-electron chi connectivity index (χ3n) is 3.66. The second kappa shape index (κ2) is 4.87. The molecule has 4 nitrogen and oxygen atoms in total. The van der Waals surface area contributed by atoms with Gasteiger partial charge in [0.1, 0.15) is 0 Å². The van der Waals surface area contributed by atoms with E-state index in [1.165, 1.54) is 31.4 Å². The van der Waals surface area contributed by atoms with Gasteiger partial charge in [-0.05, 0) is 19.9 Å². The zero-order valence-corrected chi connectivity index (χ0v) is 10.4. The van der Waals surface area contributed by atoms with Crippen LogP contribution in [0.1, 0.15) is 37.3 Å². The highest BCUT2D eigenvalue weighted by Gasteiger charge is 2.30. The smallest absolute Gasteiger partial charge is 0.160 e. The van der Waals surface area contributed by atoms with E-state index in [1.54, 1.807) is 7.11 Å². The number of hydrogen-bond donors (Lipinski definition) is 1. The Bertz CT molecular complexity index is 348. The zero-order valence-electron chi connectivity index (χ0n) is 10.4. The molecule has 1 heterocycles. The van der Waals surface area contributed by atoms with Crippen LogP contribution in [-0.2, 0) is 7.05 Å². The first-order valence-electron chi connectivity index (χ1n) is 6.01. The summed E-state index contributed by atoms with van der Waals surface area (Å²) in [6, 6.07) is 0.554. The molecule has 0 aromatic carbocycles. The Labute approximate surface area is 97.0 Å². The lowest BCUT2D eigenvalue weighted by molar-refractivity contribution is 0.319. The standard InChI is InChI=1S/C12H21N3O/c1-13-10-7-5-4-6-9(10)12-11(16-3)8-14-15(12)2/h8-10,13H,4-7H2,1-3H3. The van der Waals surface area contributed by atoms with Crippen LogP contribution >= 0.6 is 0 Å². The SMILES string of the molecule is CNC1CCCCC1c1c(OC)cnn1C. The van der Waals surface area contributed by atoms with Gasteiger partial charge in [0.25, 0.3) is 0 Å². The van der Waals surface area contributed by atoms with Gasteiger partial charge in [0.15, 0.2) is 5.75 Å². The van der Waals surface area contributed by atoms with E-state index >= 15 is 0 Å². The minimum absolute atomic E-state index is 0.529. The number of hydrogen-bond acceptors (Lipinski definition) is 3. The fraction of sp³-hybridized carbons (Fsp3) is 0.750. The van der Waals surface area contributed by atoms with Gasteiger partial charge in [0.05, 0.1) is 19.0 Å². The van der Waals surface area contributed by atoms with Crippen LogP contribution in [0.3, 0.4) is 0 Å². The Kier molecular flexibility index (Phi) is 3.49. The Morgan fingerprint density at radius 2 is 2.19 bits per heavy atom. The molecule has 4 heteroatoms. The molecule has 2 rings (SSSR count). The van der Waals surface area contributed by atoms with Crippen molar-refractivity contribution >= 4 is 0 Å². The summed E-state index contributed by atoms with van der Waals surface area (Å²) in [6.07, 6.45) is 6.91. The summed E-state index contributed by atoms with van der Waals surface area (Å²) in [5, 5.41) is 7.72. The molecule has 2 unspecified atom stereocenters. The number of ether oxygens (including phenoxy) is 1. The minimum Gasteiger partial charge on any atom is -0.493 e. The van der Waals surface area contributed by atoms with Crippen molar-refractivity contribution in [1.29, 1.82) is 0 Å². The number of likely N-dealkylation sites (N-methyl/N-ethyl adjacent to an activating group) is 1. The first kappa shape index (κ1) is 11.5. The van der Waals surface area contributed by atoms with Gasteiger partial charge in [0, 0.05) is 19.0 Å². The van der Waals surface area contributed by atoms with Gasteiger partial charge in [-0.2, -0.15) is 5.10 Å². The van der Waals surface area contributed by atoms with E-state index in [0.717, 1.165) is 5.75 Å². The molecular formula is C12H21N3O. The van der Waals surface area contributed by atoms with Crippen LogP contribution in [0.4, 0.5) is 0 Å². The third kappa shape index (κ3) is 1.94. The van der Waals surface area contributed by atoms with Crippen LogP contribution in [-0.4, -0.2) is 30.0 Å². The van der Waals surface area contributed by atoms with Crippen LogP contribution in [0.15, 0.2) is 6.20 Å². The Hall–Kier alpha value is -1.03. The van der Waals surface area contributed by atoms with E-state index in [4.69, 9.17) is 4.74 Å². The van der Waals surface area contributed by atoms with Crippen LogP contribution in [0.5, 0.6) is 5.75 Å². The molecule has 1 N–H and O–H groups in total. The van der Waals surface area contributed by atoms with Crippen molar-refractivity contribution in [3.05, 3.63) is 11.9 Å². The number of methoxy groups -OCH3 is 1. The molecule has 1 aromatic heterocycles. The molecule has 0 aliphatic heterocycles. The van der Waals surface area contributed by atoms with E-state index < -0.39 is 0 Å². The Balaban J connectivity index is 2.29. The average Bonchev–Trinajstić information content (AvgIpc) is 2.70. The van der Waals surface area contributed by atoms with E-state index in [2.05, 4.69) is 10.4 Å². The molecule has 1 aliphatic rings. The zero-order chi connectivity index (χ0) is 11.5. The van der Waals surface area contributed by atoms with Crippen molar-refractivity contribution in [1.82, 2.24) is 15.1 Å². The summed E-state index contributed by atoms with van der Waals surface area (Å²) in [5.74, 6) is 1.45. The van der Waals surface area contributed by atoms with E-state index in [1.807, 2.05) is 25.0 Å². The molecule has 90 valence electrons. The number of nitrogens with zero attached hydrogens (tertiary/aromatic N) is 2. The number of aromatic nitrogens is 2. The van der Waals surface area contributed by atoms with Crippen LogP contribution in [0, 0.1) is 0 Å². The molecular weight excluding hydrogens is 202 g/mol. The summed E-state index contributed by atoms with van der Waals surface area (Å²) in [4.78, 5) is 0. The molecule has 0 saturated heterocycles. The van der Waals surface area contributed by atoms with E-state index in [9.17, 15) is 0 Å². The molecule has 0 amide bonds. The highest BCUT2D eigenvalue weighted by molar-refractivity contribution is 5.30. The van der Waals surface area contributed by atoms with Crippen molar-refractivity contribution in [2.45, 2.75) is 37.6 Å². The van der Waals surface area contributed by atoms with Gasteiger partial charge in [-0.25, -0.2) is 0 Å². The quantitative estimate of drug-likeness (QED) is 0.847. The number of aryl methyl sites for hydroxylation is 1. The fourth-order valence-electron chi connectivity index (χ4n) is 2.81. The van der Waals surface area contributed by atoms with Crippen molar-refractivity contribution in [3.8, 4) is 5.75 Å². The van der Waals surface area contributed by atoms with Gasteiger partial charge >= 0.3 is 0 Å². The number of rotatable bonds is 3. The van der Waals surface area contributed by atoms with Crippen LogP contribution < -0.4 is 10.1 Å². The van der Waals surface area contributed by atoms with Gasteiger partial charge in [-0.1, -0.05) is 12.8 Å². The lowest BCUT2D eigenvalue weighted by Crippen LogP contribution is -2.35. The Morgan fingerprint density at radius 3 is 2.88 bits per heavy atom.